The van der Waals surface area contributed by atoms with Gasteiger partial charge in [0.2, 0.25) is 5.91 Å². The summed E-state index contributed by atoms with van der Waals surface area (Å²) >= 11 is 0. The van der Waals surface area contributed by atoms with E-state index >= 15 is 0 Å². The molecule has 1 amide bonds. The Morgan fingerprint density at radius 1 is 1.28 bits per heavy atom. The van der Waals surface area contributed by atoms with Crippen molar-refractivity contribution < 1.29 is 4.79 Å². The van der Waals surface area contributed by atoms with Gasteiger partial charge < -0.3 is 5.32 Å². The lowest BCUT2D eigenvalue weighted by molar-refractivity contribution is -0.122. The van der Waals surface area contributed by atoms with Gasteiger partial charge in [0.05, 0.1) is 6.07 Å². The predicted octanol–water partition coefficient (Wildman–Crippen LogP) is 3.55. The topological polar surface area (TPSA) is 52.9 Å². The molecule has 18 heavy (non-hydrogen) atoms. The van der Waals surface area contributed by atoms with Crippen molar-refractivity contribution in [3.8, 4) is 6.07 Å². The average Bonchev–Trinajstić information content (AvgIpc) is 2.63. The number of carbonyl (C=O) groups is 1. The second-order valence-electron chi connectivity index (χ2n) is 5.41. The van der Waals surface area contributed by atoms with Gasteiger partial charge in [0, 0.05) is 18.4 Å². The summed E-state index contributed by atoms with van der Waals surface area (Å²) in [4.78, 5) is 11.8. The fourth-order valence-corrected chi connectivity index (χ4v) is 2.65. The molecule has 0 aromatic heterocycles. The molecule has 1 unspecified atom stereocenters. The van der Waals surface area contributed by atoms with Gasteiger partial charge in [-0.25, -0.2) is 0 Å². The molecule has 0 aliphatic heterocycles. The number of carbonyl (C=O) groups excluding carboxylic acids is 1. The highest BCUT2D eigenvalue weighted by molar-refractivity contribution is 5.76. The summed E-state index contributed by atoms with van der Waals surface area (Å²) in [6, 6.07) is 2.67. The summed E-state index contributed by atoms with van der Waals surface area (Å²) in [5.74, 6) is 0.188. The van der Waals surface area contributed by atoms with Crippen LogP contribution in [-0.2, 0) is 4.79 Å². The van der Waals surface area contributed by atoms with Crippen LogP contribution in [0, 0.1) is 17.2 Å². The van der Waals surface area contributed by atoms with Crippen LogP contribution >= 0.6 is 0 Å². The summed E-state index contributed by atoms with van der Waals surface area (Å²) < 4.78 is 0. The van der Waals surface area contributed by atoms with E-state index in [4.69, 9.17) is 5.26 Å². The average molecular weight is 250 g/mol. The molecule has 0 saturated heterocycles. The van der Waals surface area contributed by atoms with Gasteiger partial charge >= 0.3 is 0 Å². The minimum Gasteiger partial charge on any atom is -0.353 e. The Morgan fingerprint density at radius 3 is 2.50 bits per heavy atom. The van der Waals surface area contributed by atoms with Gasteiger partial charge in [-0.1, -0.05) is 39.0 Å². The Balaban J connectivity index is 2.21. The fraction of sp³-hybridized carbons (Fsp3) is 0.867. The molecule has 3 nitrogen and oxygen atoms in total. The Bertz CT molecular complexity index is 275. The maximum absolute atomic E-state index is 11.8. The molecule has 0 heterocycles. The van der Waals surface area contributed by atoms with Gasteiger partial charge in [0.15, 0.2) is 0 Å². The molecule has 0 bridgehead atoms. The highest BCUT2D eigenvalue weighted by Crippen LogP contribution is 2.18. The number of hydrogen-bond donors (Lipinski definition) is 1. The largest absolute Gasteiger partial charge is 0.353 e. The molecule has 1 fully saturated rings. The molecule has 1 rings (SSSR count). The number of amides is 1. The number of nitrogens with one attached hydrogen (secondary N) is 1. The highest BCUT2D eigenvalue weighted by atomic mass is 16.1. The summed E-state index contributed by atoms with van der Waals surface area (Å²) in [6.45, 7) is 2.08. The summed E-state index contributed by atoms with van der Waals surface area (Å²) in [5, 5.41) is 12.1. The van der Waals surface area contributed by atoms with Crippen molar-refractivity contribution in [3.05, 3.63) is 0 Å². The quantitative estimate of drug-likeness (QED) is 0.733. The Hall–Kier alpha value is -1.04. The molecular weight excluding hydrogens is 224 g/mol. The first-order chi connectivity index (χ1) is 8.76. The van der Waals surface area contributed by atoms with Crippen molar-refractivity contribution in [1.29, 1.82) is 5.26 Å². The van der Waals surface area contributed by atoms with E-state index in [-0.39, 0.29) is 11.8 Å². The van der Waals surface area contributed by atoms with Crippen LogP contribution in [0.25, 0.3) is 0 Å². The maximum Gasteiger partial charge on any atom is 0.220 e. The number of nitrogens with zero attached hydrogens (tertiary/aromatic N) is 1. The molecule has 102 valence electrons. The maximum atomic E-state index is 11.8. The monoisotopic (exact) mass is 250 g/mol. The molecule has 3 heteroatoms. The first kappa shape index (κ1) is 15.0. The van der Waals surface area contributed by atoms with Gasteiger partial charge in [0.1, 0.15) is 0 Å². The minimum atomic E-state index is 0.0508. The first-order valence-electron chi connectivity index (χ1n) is 7.45. The normalized spacial score (nSPS) is 18.7. The third-order valence-electron chi connectivity index (χ3n) is 3.76. The second kappa shape index (κ2) is 8.97. The van der Waals surface area contributed by atoms with Crippen molar-refractivity contribution in [1.82, 2.24) is 5.32 Å². The molecule has 1 aliphatic carbocycles. The van der Waals surface area contributed by atoms with Gasteiger partial charge in [-0.05, 0) is 25.7 Å². The van der Waals surface area contributed by atoms with E-state index in [9.17, 15) is 4.79 Å². The molecule has 1 saturated carbocycles. The van der Waals surface area contributed by atoms with Gasteiger partial charge in [-0.3, -0.25) is 4.79 Å². The lowest BCUT2D eigenvalue weighted by Gasteiger charge is -2.16. The van der Waals surface area contributed by atoms with Crippen LogP contribution in [0.2, 0.25) is 0 Å². The van der Waals surface area contributed by atoms with Crippen molar-refractivity contribution >= 4 is 5.91 Å². The van der Waals surface area contributed by atoms with Gasteiger partial charge in [0.25, 0.3) is 0 Å². The molecular formula is C15H26N2O. The lowest BCUT2D eigenvalue weighted by Crippen LogP contribution is -2.34. The van der Waals surface area contributed by atoms with Crippen molar-refractivity contribution in [2.75, 3.05) is 0 Å². The van der Waals surface area contributed by atoms with E-state index in [0.717, 1.165) is 25.7 Å². The zero-order valence-electron chi connectivity index (χ0n) is 11.6. The van der Waals surface area contributed by atoms with Gasteiger partial charge in [-0.15, -0.1) is 0 Å². The van der Waals surface area contributed by atoms with Crippen LogP contribution in [0.5, 0.6) is 0 Å². The van der Waals surface area contributed by atoms with Gasteiger partial charge in [-0.2, -0.15) is 5.26 Å². The van der Waals surface area contributed by atoms with Crippen LogP contribution < -0.4 is 5.32 Å². The van der Waals surface area contributed by atoms with Crippen molar-refractivity contribution in [2.24, 2.45) is 5.92 Å². The molecule has 1 atom stereocenters. The second-order valence-corrected chi connectivity index (χ2v) is 5.41. The summed E-state index contributed by atoms with van der Waals surface area (Å²) in [7, 11) is 0. The van der Waals surface area contributed by atoms with E-state index in [1.165, 1.54) is 25.7 Å². The first-order valence-corrected chi connectivity index (χ1v) is 7.45. The molecule has 1 aliphatic rings. The standard InChI is InChI=1S/C15H26N2O/c1-2-7-13(12-16)10-11-15(18)17-14-8-5-3-4-6-9-14/h13-14H,2-11H2,1H3,(H,17,18). The molecule has 0 spiro atoms. The van der Waals surface area contributed by atoms with Crippen molar-refractivity contribution in [2.45, 2.75) is 77.2 Å². The van der Waals surface area contributed by atoms with Crippen LogP contribution in [0.15, 0.2) is 0 Å². The Morgan fingerprint density at radius 2 is 1.94 bits per heavy atom. The lowest BCUT2D eigenvalue weighted by atomic mass is 9.99. The van der Waals surface area contributed by atoms with Crippen LogP contribution in [0.4, 0.5) is 0 Å². The third-order valence-corrected chi connectivity index (χ3v) is 3.76. The van der Waals surface area contributed by atoms with Crippen LogP contribution in [0.3, 0.4) is 0 Å². The highest BCUT2D eigenvalue weighted by Gasteiger charge is 2.15. The predicted molar refractivity (Wildman–Crippen MR) is 72.9 cm³/mol. The van der Waals surface area contributed by atoms with E-state index in [1.54, 1.807) is 0 Å². The molecule has 1 N–H and O–H groups in total. The molecule has 0 radical (unpaired) electrons. The Kier molecular flexibility index (Phi) is 7.48. The summed E-state index contributed by atoms with van der Waals surface area (Å²) in [6.07, 6.45) is 10.5. The van der Waals surface area contributed by atoms with Crippen LogP contribution in [0.1, 0.15) is 71.1 Å². The van der Waals surface area contributed by atoms with E-state index in [2.05, 4.69) is 18.3 Å². The number of rotatable bonds is 6. The van der Waals surface area contributed by atoms with E-state index in [1.807, 2.05) is 0 Å². The molecule has 0 aromatic carbocycles. The minimum absolute atomic E-state index is 0.0508. The van der Waals surface area contributed by atoms with E-state index < -0.39 is 0 Å². The van der Waals surface area contributed by atoms with E-state index in [0.29, 0.717) is 18.9 Å². The SMILES string of the molecule is CCCC(C#N)CCC(=O)NC1CCCCCC1. The third kappa shape index (κ3) is 6.05. The zero-order valence-corrected chi connectivity index (χ0v) is 11.6. The summed E-state index contributed by atoms with van der Waals surface area (Å²) in [5.41, 5.74) is 0. The van der Waals surface area contributed by atoms with Crippen molar-refractivity contribution in [3.63, 3.8) is 0 Å². The van der Waals surface area contributed by atoms with Crippen LogP contribution in [-0.4, -0.2) is 11.9 Å². The number of nitriles is 1. The molecule has 0 aromatic rings. The zero-order chi connectivity index (χ0) is 13.2. The fourth-order valence-electron chi connectivity index (χ4n) is 2.65. The Labute approximate surface area is 111 Å². The number of hydrogen-bond acceptors (Lipinski definition) is 2. The smallest absolute Gasteiger partial charge is 0.220 e.